The minimum atomic E-state index is -1.04. The number of nitrogens with one attached hydrogen (secondary N) is 1. The molecular weight excluding hydrogens is 286 g/mol. The largest absolute Gasteiger partial charge is 0.475 e. The molecule has 0 aliphatic rings. The quantitative estimate of drug-likeness (QED) is 0.752. The smallest absolute Gasteiger partial charge is 0.371 e. The van der Waals surface area contributed by atoms with Gasteiger partial charge < -0.3 is 14.8 Å². The van der Waals surface area contributed by atoms with Crippen LogP contribution < -0.4 is 5.32 Å². The van der Waals surface area contributed by atoms with Crippen LogP contribution in [0.25, 0.3) is 11.0 Å². The second kappa shape index (κ2) is 5.71. The molecule has 0 atom stereocenters. The predicted molar refractivity (Wildman–Crippen MR) is 82.8 cm³/mol. The molecule has 0 amide bonds. The number of carboxylic acids is 1. The molecule has 0 unspecified atom stereocenters. The summed E-state index contributed by atoms with van der Waals surface area (Å²) >= 11 is 1.75. The predicted octanol–water partition coefficient (Wildman–Crippen LogP) is 3.79. The van der Waals surface area contributed by atoms with Gasteiger partial charge in [0.1, 0.15) is 5.58 Å². The van der Waals surface area contributed by atoms with Gasteiger partial charge in [0, 0.05) is 23.4 Å². The highest BCUT2D eigenvalue weighted by Gasteiger charge is 2.10. The Hall–Kier alpha value is -2.11. The molecule has 0 aliphatic heterocycles. The third kappa shape index (κ3) is 2.99. The fourth-order valence-electron chi connectivity index (χ4n) is 2.21. The van der Waals surface area contributed by atoms with Crippen molar-refractivity contribution in [1.82, 2.24) is 5.32 Å². The Balaban J connectivity index is 1.69. The third-order valence-electron chi connectivity index (χ3n) is 3.37. The lowest BCUT2D eigenvalue weighted by Crippen LogP contribution is -2.12. The Bertz CT molecular complexity index is 788. The lowest BCUT2D eigenvalue weighted by atomic mass is 10.1. The van der Waals surface area contributed by atoms with Crippen molar-refractivity contribution in [1.29, 1.82) is 0 Å². The van der Waals surface area contributed by atoms with E-state index in [9.17, 15) is 4.79 Å². The Morgan fingerprint density at radius 1 is 1.29 bits per heavy atom. The standard InChI is InChI=1S/C16H15NO3S/c1-10-4-5-21-15(10)9-17-8-11-2-3-13-12(6-11)7-14(20-13)16(18)19/h2-7,17H,8-9H2,1H3,(H,18,19). The van der Waals surface area contributed by atoms with Crippen LogP contribution in [0.15, 0.2) is 40.1 Å². The molecule has 4 nitrogen and oxygen atoms in total. The van der Waals surface area contributed by atoms with Gasteiger partial charge in [-0.15, -0.1) is 11.3 Å². The van der Waals surface area contributed by atoms with Crippen LogP contribution in [0.5, 0.6) is 0 Å². The molecule has 0 spiro atoms. The summed E-state index contributed by atoms with van der Waals surface area (Å²) in [6.07, 6.45) is 0. The number of carboxylic acid groups (broad SMARTS) is 1. The fourth-order valence-corrected chi connectivity index (χ4v) is 3.09. The normalized spacial score (nSPS) is 11.1. The van der Waals surface area contributed by atoms with E-state index in [-0.39, 0.29) is 5.76 Å². The van der Waals surface area contributed by atoms with Crippen LogP contribution in [0.3, 0.4) is 0 Å². The molecule has 1 aromatic carbocycles. The highest BCUT2D eigenvalue weighted by Crippen LogP contribution is 2.21. The molecule has 0 bridgehead atoms. The highest BCUT2D eigenvalue weighted by atomic mass is 32.1. The van der Waals surface area contributed by atoms with E-state index in [0.717, 1.165) is 24.0 Å². The minimum absolute atomic E-state index is 0.0238. The second-order valence-electron chi connectivity index (χ2n) is 4.92. The summed E-state index contributed by atoms with van der Waals surface area (Å²) in [6, 6.07) is 9.40. The number of carbonyl (C=O) groups is 1. The molecule has 0 aliphatic carbocycles. The summed E-state index contributed by atoms with van der Waals surface area (Å²) in [6.45, 7) is 3.69. The first-order valence-corrected chi connectivity index (χ1v) is 7.51. The number of furan rings is 1. The van der Waals surface area contributed by atoms with Crippen molar-refractivity contribution in [3.8, 4) is 0 Å². The molecule has 5 heteroatoms. The molecule has 21 heavy (non-hydrogen) atoms. The average Bonchev–Trinajstić information content (AvgIpc) is 3.05. The molecule has 0 saturated carbocycles. The van der Waals surface area contributed by atoms with Crippen LogP contribution in [0.1, 0.15) is 26.6 Å². The van der Waals surface area contributed by atoms with E-state index in [0.29, 0.717) is 5.58 Å². The van der Waals surface area contributed by atoms with Gasteiger partial charge in [0.15, 0.2) is 0 Å². The van der Waals surface area contributed by atoms with E-state index in [2.05, 4.69) is 23.7 Å². The number of hydrogen-bond donors (Lipinski definition) is 2. The van der Waals surface area contributed by atoms with Crippen LogP contribution in [0.4, 0.5) is 0 Å². The molecule has 3 rings (SSSR count). The third-order valence-corrected chi connectivity index (χ3v) is 4.40. The first-order valence-electron chi connectivity index (χ1n) is 6.63. The molecular formula is C16H15NO3S. The maximum Gasteiger partial charge on any atom is 0.371 e. The summed E-state index contributed by atoms with van der Waals surface area (Å²) in [5, 5.41) is 15.2. The molecule has 0 saturated heterocycles. The van der Waals surface area contributed by atoms with Gasteiger partial charge in [0.2, 0.25) is 5.76 Å². The van der Waals surface area contributed by atoms with Gasteiger partial charge in [0.25, 0.3) is 0 Å². The van der Waals surface area contributed by atoms with Gasteiger partial charge in [-0.1, -0.05) is 6.07 Å². The van der Waals surface area contributed by atoms with Crippen molar-refractivity contribution in [2.75, 3.05) is 0 Å². The second-order valence-corrected chi connectivity index (χ2v) is 5.92. The van der Waals surface area contributed by atoms with Crippen molar-refractivity contribution in [2.45, 2.75) is 20.0 Å². The Kier molecular flexibility index (Phi) is 3.77. The van der Waals surface area contributed by atoms with Gasteiger partial charge in [-0.05, 0) is 47.7 Å². The van der Waals surface area contributed by atoms with Crippen molar-refractivity contribution >= 4 is 28.3 Å². The number of fused-ring (bicyclic) bond motifs is 1. The van der Waals surface area contributed by atoms with E-state index < -0.39 is 5.97 Å². The Morgan fingerprint density at radius 2 is 2.14 bits per heavy atom. The lowest BCUT2D eigenvalue weighted by Gasteiger charge is -2.04. The lowest BCUT2D eigenvalue weighted by molar-refractivity contribution is 0.0665. The van der Waals surface area contributed by atoms with E-state index >= 15 is 0 Å². The molecule has 108 valence electrons. The first-order chi connectivity index (χ1) is 10.1. The van der Waals surface area contributed by atoms with Crippen LogP contribution in [0.2, 0.25) is 0 Å². The minimum Gasteiger partial charge on any atom is -0.475 e. The Labute approximate surface area is 126 Å². The SMILES string of the molecule is Cc1ccsc1CNCc1ccc2oc(C(=O)O)cc2c1. The van der Waals surface area contributed by atoms with E-state index in [1.54, 1.807) is 17.4 Å². The molecule has 2 aromatic heterocycles. The van der Waals surface area contributed by atoms with Gasteiger partial charge in [-0.25, -0.2) is 4.79 Å². The number of rotatable bonds is 5. The summed E-state index contributed by atoms with van der Waals surface area (Å²) < 4.78 is 5.25. The zero-order chi connectivity index (χ0) is 14.8. The van der Waals surface area contributed by atoms with E-state index in [1.165, 1.54) is 10.4 Å². The zero-order valence-corrected chi connectivity index (χ0v) is 12.4. The van der Waals surface area contributed by atoms with Crippen LogP contribution >= 0.6 is 11.3 Å². The van der Waals surface area contributed by atoms with Crippen LogP contribution in [-0.4, -0.2) is 11.1 Å². The van der Waals surface area contributed by atoms with Crippen molar-refractivity contribution < 1.29 is 14.3 Å². The van der Waals surface area contributed by atoms with E-state index in [1.807, 2.05) is 18.2 Å². The number of thiophene rings is 1. The van der Waals surface area contributed by atoms with Gasteiger partial charge in [-0.2, -0.15) is 0 Å². The van der Waals surface area contributed by atoms with Gasteiger partial charge in [0.05, 0.1) is 0 Å². The topological polar surface area (TPSA) is 62.5 Å². The molecule has 2 N–H and O–H groups in total. The maximum atomic E-state index is 10.9. The molecule has 0 fully saturated rings. The monoisotopic (exact) mass is 301 g/mol. The summed E-state index contributed by atoms with van der Waals surface area (Å²) in [5.74, 6) is -1.07. The summed E-state index contributed by atoms with van der Waals surface area (Å²) in [4.78, 5) is 12.2. The van der Waals surface area contributed by atoms with E-state index in [4.69, 9.17) is 9.52 Å². The average molecular weight is 301 g/mol. The molecule has 2 heterocycles. The maximum absolute atomic E-state index is 10.9. The van der Waals surface area contributed by atoms with Crippen molar-refractivity contribution in [2.24, 2.45) is 0 Å². The van der Waals surface area contributed by atoms with Crippen molar-refractivity contribution in [3.05, 3.63) is 57.5 Å². The molecule has 3 aromatic rings. The number of aromatic carboxylic acids is 1. The van der Waals surface area contributed by atoms with Gasteiger partial charge in [-0.3, -0.25) is 0 Å². The first kappa shape index (κ1) is 13.9. The Morgan fingerprint density at radius 3 is 2.86 bits per heavy atom. The highest BCUT2D eigenvalue weighted by molar-refractivity contribution is 7.10. The van der Waals surface area contributed by atoms with Gasteiger partial charge >= 0.3 is 5.97 Å². The summed E-state index contributed by atoms with van der Waals surface area (Å²) in [7, 11) is 0. The van der Waals surface area contributed by atoms with Crippen LogP contribution in [-0.2, 0) is 13.1 Å². The number of aryl methyl sites for hydroxylation is 1. The number of hydrogen-bond acceptors (Lipinski definition) is 4. The van der Waals surface area contributed by atoms with Crippen molar-refractivity contribution in [3.63, 3.8) is 0 Å². The number of benzene rings is 1. The zero-order valence-electron chi connectivity index (χ0n) is 11.6. The molecule has 0 radical (unpaired) electrons. The summed E-state index contributed by atoms with van der Waals surface area (Å²) in [5.41, 5.74) is 3.02. The fraction of sp³-hybridized carbons (Fsp3) is 0.188. The van der Waals surface area contributed by atoms with Crippen LogP contribution in [0, 0.1) is 6.92 Å².